The Morgan fingerprint density at radius 1 is 1.10 bits per heavy atom. The van der Waals surface area contributed by atoms with Gasteiger partial charge in [0.15, 0.2) is 11.5 Å². The van der Waals surface area contributed by atoms with E-state index in [0.29, 0.717) is 11.7 Å². The molecular formula is C15H22FNO3. The van der Waals surface area contributed by atoms with Crippen LogP contribution in [0.3, 0.4) is 0 Å². The first kappa shape index (κ1) is 14.9. The highest BCUT2D eigenvalue weighted by Crippen LogP contribution is 2.40. The molecule has 0 bridgehead atoms. The molecule has 4 nitrogen and oxygen atoms in total. The summed E-state index contributed by atoms with van der Waals surface area (Å²) in [4.78, 5) is 0. The fraction of sp³-hybridized carbons (Fsp3) is 0.600. The molecule has 0 amide bonds. The first-order valence-corrected chi connectivity index (χ1v) is 6.89. The predicted octanol–water partition coefficient (Wildman–Crippen LogP) is 2.39. The molecule has 112 valence electrons. The maximum absolute atomic E-state index is 14.4. The van der Waals surface area contributed by atoms with Gasteiger partial charge >= 0.3 is 0 Å². The molecule has 20 heavy (non-hydrogen) atoms. The van der Waals surface area contributed by atoms with Crippen molar-refractivity contribution in [3.63, 3.8) is 0 Å². The standard InChI is InChI=1S/C15H22FNO3/c1-18-12-9-11(8-10-4-6-17-7-5-10)14(19-2)13(16)15(12)20-3/h9-10,17H,4-8H2,1-3H3. The first-order valence-electron chi connectivity index (χ1n) is 6.89. The second-order valence-corrected chi connectivity index (χ2v) is 5.02. The van der Waals surface area contributed by atoms with Crippen molar-refractivity contribution in [2.45, 2.75) is 19.3 Å². The van der Waals surface area contributed by atoms with Crippen LogP contribution in [0, 0.1) is 11.7 Å². The van der Waals surface area contributed by atoms with Gasteiger partial charge in [0, 0.05) is 5.56 Å². The van der Waals surface area contributed by atoms with Gasteiger partial charge in [-0.1, -0.05) is 0 Å². The van der Waals surface area contributed by atoms with E-state index in [1.54, 1.807) is 0 Å². The second-order valence-electron chi connectivity index (χ2n) is 5.02. The van der Waals surface area contributed by atoms with Gasteiger partial charge in [-0.2, -0.15) is 4.39 Å². The van der Waals surface area contributed by atoms with Gasteiger partial charge in [-0.05, 0) is 44.3 Å². The molecule has 0 aliphatic carbocycles. The summed E-state index contributed by atoms with van der Waals surface area (Å²) >= 11 is 0. The monoisotopic (exact) mass is 283 g/mol. The third-order valence-electron chi connectivity index (χ3n) is 3.81. The van der Waals surface area contributed by atoms with Crippen molar-refractivity contribution in [1.82, 2.24) is 5.32 Å². The molecule has 0 radical (unpaired) electrons. The number of rotatable bonds is 5. The van der Waals surface area contributed by atoms with Gasteiger partial charge in [-0.3, -0.25) is 0 Å². The lowest BCUT2D eigenvalue weighted by Gasteiger charge is -2.24. The zero-order chi connectivity index (χ0) is 14.5. The average Bonchev–Trinajstić information content (AvgIpc) is 2.48. The van der Waals surface area contributed by atoms with Crippen molar-refractivity contribution >= 4 is 0 Å². The Morgan fingerprint density at radius 3 is 2.30 bits per heavy atom. The Labute approximate surface area is 119 Å². The second kappa shape index (κ2) is 6.79. The molecule has 1 aliphatic rings. The molecule has 1 aliphatic heterocycles. The van der Waals surface area contributed by atoms with Crippen LogP contribution in [-0.4, -0.2) is 34.4 Å². The van der Waals surface area contributed by atoms with Crippen LogP contribution in [0.15, 0.2) is 6.07 Å². The fourth-order valence-corrected chi connectivity index (χ4v) is 2.75. The van der Waals surface area contributed by atoms with Crippen molar-refractivity contribution in [3.8, 4) is 17.2 Å². The predicted molar refractivity (Wildman–Crippen MR) is 75.4 cm³/mol. The maximum atomic E-state index is 14.4. The van der Waals surface area contributed by atoms with Gasteiger partial charge in [0.05, 0.1) is 21.3 Å². The number of piperidine rings is 1. The summed E-state index contributed by atoms with van der Waals surface area (Å²) in [6.45, 7) is 2.03. The number of halogens is 1. The van der Waals surface area contributed by atoms with Gasteiger partial charge in [-0.15, -0.1) is 0 Å². The molecule has 0 atom stereocenters. The summed E-state index contributed by atoms with van der Waals surface area (Å²) in [6, 6.07) is 1.82. The molecule has 1 heterocycles. The highest BCUT2D eigenvalue weighted by Gasteiger charge is 2.23. The Balaban J connectivity index is 2.32. The van der Waals surface area contributed by atoms with E-state index in [0.717, 1.165) is 37.9 Å². The quantitative estimate of drug-likeness (QED) is 0.900. The molecule has 1 fully saturated rings. The SMILES string of the molecule is COc1cc(CC2CCNCC2)c(OC)c(F)c1OC. The smallest absolute Gasteiger partial charge is 0.210 e. The largest absolute Gasteiger partial charge is 0.493 e. The van der Waals surface area contributed by atoms with Crippen molar-refractivity contribution in [2.75, 3.05) is 34.4 Å². The molecule has 0 saturated carbocycles. The van der Waals surface area contributed by atoms with Gasteiger partial charge in [-0.25, -0.2) is 0 Å². The van der Waals surface area contributed by atoms with Crippen molar-refractivity contribution in [2.24, 2.45) is 5.92 Å². The molecule has 1 aromatic carbocycles. The van der Waals surface area contributed by atoms with Crippen molar-refractivity contribution in [3.05, 3.63) is 17.4 Å². The molecular weight excluding hydrogens is 261 g/mol. The summed E-state index contributed by atoms with van der Waals surface area (Å²) in [5.74, 6) is 0.829. The van der Waals surface area contributed by atoms with Crippen molar-refractivity contribution in [1.29, 1.82) is 0 Å². The van der Waals surface area contributed by atoms with Crippen LogP contribution < -0.4 is 19.5 Å². The first-order chi connectivity index (χ1) is 9.71. The summed E-state index contributed by atoms with van der Waals surface area (Å²) in [6.07, 6.45) is 2.99. The van der Waals surface area contributed by atoms with Crippen molar-refractivity contribution < 1.29 is 18.6 Å². The van der Waals surface area contributed by atoms with Crippen LogP contribution in [0.1, 0.15) is 18.4 Å². The molecule has 1 saturated heterocycles. The molecule has 2 rings (SSSR count). The zero-order valence-corrected chi connectivity index (χ0v) is 12.3. The van der Waals surface area contributed by atoms with E-state index < -0.39 is 5.82 Å². The van der Waals surface area contributed by atoms with E-state index in [4.69, 9.17) is 14.2 Å². The molecule has 5 heteroatoms. The van der Waals surface area contributed by atoms with E-state index in [-0.39, 0.29) is 11.5 Å². The highest BCUT2D eigenvalue weighted by molar-refractivity contribution is 5.52. The minimum atomic E-state index is -0.488. The maximum Gasteiger partial charge on any atom is 0.210 e. The number of methoxy groups -OCH3 is 3. The van der Waals surface area contributed by atoms with Crippen LogP contribution in [-0.2, 0) is 6.42 Å². The normalized spacial score (nSPS) is 16.0. The summed E-state index contributed by atoms with van der Waals surface area (Å²) in [7, 11) is 4.42. The molecule has 0 spiro atoms. The Morgan fingerprint density at radius 2 is 1.75 bits per heavy atom. The van der Waals surface area contributed by atoms with Gasteiger partial charge in [0.25, 0.3) is 0 Å². The van der Waals surface area contributed by atoms with E-state index in [1.807, 2.05) is 6.07 Å². The van der Waals surface area contributed by atoms with Gasteiger partial charge in [0.1, 0.15) is 0 Å². The Bertz CT molecular complexity index is 459. The van der Waals surface area contributed by atoms with Crippen LogP contribution in [0.2, 0.25) is 0 Å². The number of ether oxygens (including phenoxy) is 3. The minimum Gasteiger partial charge on any atom is -0.493 e. The number of hydrogen-bond acceptors (Lipinski definition) is 4. The summed E-state index contributed by atoms with van der Waals surface area (Å²) in [5, 5.41) is 3.33. The number of benzene rings is 1. The highest BCUT2D eigenvalue weighted by atomic mass is 19.1. The Kier molecular flexibility index (Phi) is 5.06. The van der Waals surface area contributed by atoms with Gasteiger partial charge < -0.3 is 19.5 Å². The number of nitrogens with one attached hydrogen (secondary N) is 1. The lowest BCUT2D eigenvalue weighted by molar-refractivity contribution is 0.313. The number of hydrogen-bond donors (Lipinski definition) is 1. The Hall–Kier alpha value is -1.49. The minimum absolute atomic E-state index is 0.0958. The fourth-order valence-electron chi connectivity index (χ4n) is 2.75. The van der Waals surface area contributed by atoms with Gasteiger partial charge in [0.2, 0.25) is 11.6 Å². The third-order valence-corrected chi connectivity index (χ3v) is 3.81. The average molecular weight is 283 g/mol. The lowest BCUT2D eigenvalue weighted by atomic mass is 9.90. The molecule has 1 aromatic rings. The molecule has 0 aromatic heterocycles. The molecule has 1 N–H and O–H groups in total. The van der Waals surface area contributed by atoms with E-state index in [2.05, 4.69) is 5.32 Å². The van der Waals surface area contributed by atoms with Crippen LogP contribution in [0.25, 0.3) is 0 Å². The van der Waals surface area contributed by atoms with Crippen LogP contribution in [0.5, 0.6) is 17.2 Å². The lowest BCUT2D eigenvalue weighted by Crippen LogP contribution is -2.28. The van der Waals surface area contributed by atoms with Crippen LogP contribution >= 0.6 is 0 Å². The zero-order valence-electron chi connectivity index (χ0n) is 12.3. The molecule has 0 unspecified atom stereocenters. The summed E-state index contributed by atoms with van der Waals surface area (Å²) < 4.78 is 29.9. The van der Waals surface area contributed by atoms with E-state index in [9.17, 15) is 4.39 Å². The van der Waals surface area contributed by atoms with E-state index >= 15 is 0 Å². The van der Waals surface area contributed by atoms with E-state index in [1.165, 1.54) is 21.3 Å². The summed E-state index contributed by atoms with van der Waals surface area (Å²) in [5.41, 5.74) is 0.842. The third kappa shape index (κ3) is 2.98. The van der Waals surface area contributed by atoms with Crippen LogP contribution in [0.4, 0.5) is 4.39 Å². The topological polar surface area (TPSA) is 39.7 Å².